The summed E-state index contributed by atoms with van der Waals surface area (Å²) in [6.07, 6.45) is 0.509. The highest BCUT2D eigenvalue weighted by atomic mass is 19.3. The summed E-state index contributed by atoms with van der Waals surface area (Å²) in [5, 5.41) is 15.7. The molecule has 6 rings (SSSR count). The van der Waals surface area contributed by atoms with Gasteiger partial charge in [0, 0.05) is 19.1 Å². The van der Waals surface area contributed by atoms with E-state index in [2.05, 4.69) is 30.6 Å². The maximum Gasteiger partial charge on any atom is 0.260 e. The molecular formula is C24H27F3N8O2. The topological polar surface area (TPSA) is 94.6 Å². The number of likely N-dealkylation sites (tertiary alicyclic amines) is 1. The molecule has 2 fully saturated rings. The Morgan fingerprint density at radius 2 is 1.97 bits per heavy atom. The lowest BCUT2D eigenvalue weighted by Gasteiger charge is -2.41. The van der Waals surface area contributed by atoms with E-state index in [-0.39, 0.29) is 17.5 Å². The molecule has 1 aromatic carbocycles. The number of ether oxygens (including phenoxy) is 2. The van der Waals surface area contributed by atoms with Crippen molar-refractivity contribution in [2.75, 3.05) is 38.7 Å². The molecule has 2 saturated heterocycles. The molecule has 4 aromatic rings. The quantitative estimate of drug-likeness (QED) is 0.400. The summed E-state index contributed by atoms with van der Waals surface area (Å²) in [7, 11) is 1.46. The number of rotatable bonds is 7. The Bertz CT molecular complexity index is 1430. The van der Waals surface area contributed by atoms with Gasteiger partial charge in [-0.1, -0.05) is 11.3 Å². The summed E-state index contributed by atoms with van der Waals surface area (Å²) in [6, 6.07) is 4.41. The highest BCUT2D eigenvalue weighted by Gasteiger charge is 2.30. The summed E-state index contributed by atoms with van der Waals surface area (Å²) in [6.45, 7) is 4.88. The van der Waals surface area contributed by atoms with E-state index >= 15 is 4.39 Å². The summed E-state index contributed by atoms with van der Waals surface area (Å²) >= 11 is 0. The molecule has 0 radical (unpaired) electrons. The van der Waals surface area contributed by atoms with Crippen molar-refractivity contribution in [2.24, 2.45) is 0 Å². The van der Waals surface area contributed by atoms with Crippen LogP contribution in [-0.2, 0) is 4.74 Å². The first-order chi connectivity index (χ1) is 17.9. The van der Waals surface area contributed by atoms with Gasteiger partial charge in [0.2, 0.25) is 11.8 Å². The van der Waals surface area contributed by atoms with Crippen molar-refractivity contribution in [3.63, 3.8) is 0 Å². The summed E-state index contributed by atoms with van der Waals surface area (Å²) in [4.78, 5) is 6.97. The van der Waals surface area contributed by atoms with Crippen LogP contribution in [0.5, 0.6) is 5.88 Å². The zero-order valence-corrected chi connectivity index (χ0v) is 20.4. The highest BCUT2D eigenvalue weighted by molar-refractivity contribution is 5.89. The molecule has 0 spiro atoms. The van der Waals surface area contributed by atoms with Gasteiger partial charge in [0.1, 0.15) is 17.1 Å². The van der Waals surface area contributed by atoms with E-state index in [1.54, 1.807) is 18.2 Å². The molecule has 5 heterocycles. The third-order valence-corrected chi connectivity index (χ3v) is 7.26. The Morgan fingerprint density at radius 3 is 2.65 bits per heavy atom. The van der Waals surface area contributed by atoms with E-state index in [9.17, 15) is 8.78 Å². The minimum Gasteiger partial charge on any atom is -0.479 e. The average molecular weight is 517 g/mol. The molecule has 37 heavy (non-hydrogen) atoms. The Morgan fingerprint density at radius 1 is 1.19 bits per heavy atom. The molecule has 3 aromatic heterocycles. The number of aromatic nitrogens is 6. The van der Waals surface area contributed by atoms with E-state index in [0.29, 0.717) is 34.1 Å². The van der Waals surface area contributed by atoms with Crippen molar-refractivity contribution < 1.29 is 22.6 Å². The van der Waals surface area contributed by atoms with Crippen LogP contribution in [-0.4, -0.2) is 86.4 Å². The molecule has 2 aliphatic rings. The molecule has 0 bridgehead atoms. The van der Waals surface area contributed by atoms with Crippen LogP contribution in [0.25, 0.3) is 27.7 Å². The molecular weight excluding hydrogens is 489 g/mol. The van der Waals surface area contributed by atoms with Crippen LogP contribution in [0.15, 0.2) is 24.4 Å². The van der Waals surface area contributed by atoms with E-state index < -0.39 is 18.3 Å². The largest absolute Gasteiger partial charge is 0.479 e. The number of hydrogen-bond acceptors (Lipinski definition) is 8. The number of anilines is 1. The summed E-state index contributed by atoms with van der Waals surface area (Å²) < 4.78 is 55.4. The first kappa shape index (κ1) is 23.9. The molecule has 10 nitrogen and oxygen atoms in total. The van der Waals surface area contributed by atoms with Gasteiger partial charge < -0.3 is 14.8 Å². The van der Waals surface area contributed by atoms with Crippen molar-refractivity contribution in [3.8, 4) is 17.0 Å². The Kier molecular flexibility index (Phi) is 6.11. The predicted octanol–water partition coefficient (Wildman–Crippen LogP) is 3.39. The van der Waals surface area contributed by atoms with Crippen molar-refractivity contribution in [2.45, 2.75) is 44.3 Å². The van der Waals surface area contributed by atoms with Crippen LogP contribution in [0.3, 0.4) is 0 Å². The molecule has 196 valence electrons. The van der Waals surface area contributed by atoms with Crippen molar-refractivity contribution in [1.29, 1.82) is 0 Å². The fourth-order valence-electron chi connectivity index (χ4n) is 5.02. The summed E-state index contributed by atoms with van der Waals surface area (Å²) in [5.74, 6) is 0.00834. The number of hydrogen-bond donors (Lipinski definition) is 1. The van der Waals surface area contributed by atoms with Gasteiger partial charge in [-0.3, -0.25) is 4.90 Å². The van der Waals surface area contributed by atoms with Gasteiger partial charge >= 0.3 is 0 Å². The van der Waals surface area contributed by atoms with Crippen LogP contribution in [0.2, 0.25) is 0 Å². The van der Waals surface area contributed by atoms with Gasteiger partial charge in [0.05, 0.1) is 43.6 Å². The first-order valence-electron chi connectivity index (χ1n) is 12.3. The van der Waals surface area contributed by atoms with Crippen LogP contribution in [0, 0.1) is 5.82 Å². The average Bonchev–Trinajstić information content (AvgIpc) is 3.42. The SMILES string of the molecule is COc1nc(NC2CCN(C3COC3)CC2)nn2cc(F)c(-c3ccc4nnn([C@H](C)C(F)F)c4c3)c12. The summed E-state index contributed by atoms with van der Waals surface area (Å²) in [5.41, 5.74) is 1.81. The fourth-order valence-corrected chi connectivity index (χ4v) is 5.02. The number of fused-ring (bicyclic) bond motifs is 2. The molecule has 13 heteroatoms. The first-order valence-corrected chi connectivity index (χ1v) is 12.3. The smallest absolute Gasteiger partial charge is 0.260 e. The normalized spacial score (nSPS) is 18.5. The van der Waals surface area contributed by atoms with E-state index in [4.69, 9.17) is 9.47 Å². The number of benzene rings is 1. The molecule has 0 aliphatic carbocycles. The second-order valence-electron chi connectivity index (χ2n) is 9.55. The molecule has 0 amide bonds. The number of nitrogens with zero attached hydrogens (tertiary/aromatic N) is 7. The van der Waals surface area contributed by atoms with Gasteiger partial charge in [-0.2, -0.15) is 4.98 Å². The number of piperidine rings is 1. The predicted molar refractivity (Wildman–Crippen MR) is 130 cm³/mol. The second-order valence-corrected chi connectivity index (χ2v) is 9.55. The number of nitrogens with one attached hydrogen (secondary N) is 1. The molecule has 1 N–H and O–H groups in total. The zero-order chi connectivity index (χ0) is 25.7. The van der Waals surface area contributed by atoms with Crippen molar-refractivity contribution >= 4 is 22.5 Å². The van der Waals surface area contributed by atoms with Gasteiger partial charge in [0.15, 0.2) is 5.82 Å². The minimum atomic E-state index is -2.63. The number of halogens is 3. The lowest BCUT2D eigenvalue weighted by atomic mass is 10.0. The Hall–Kier alpha value is -3.45. The van der Waals surface area contributed by atoms with Crippen molar-refractivity contribution in [1.82, 2.24) is 34.5 Å². The maximum atomic E-state index is 15.3. The van der Waals surface area contributed by atoms with E-state index in [1.807, 2.05) is 0 Å². The fraction of sp³-hybridized carbons (Fsp3) is 0.500. The van der Waals surface area contributed by atoms with Gasteiger partial charge in [-0.05, 0) is 37.5 Å². The lowest BCUT2D eigenvalue weighted by molar-refractivity contribution is -0.0705. The third kappa shape index (κ3) is 4.25. The highest BCUT2D eigenvalue weighted by Crippen LogP contribution is 2.36. The Balaban J connectivity index is 1.31. The van der Waals surface area contributed by atoms with Crippen LogP contribution in [0.1, 0.15) is 25.8 Å². The molecule has 0 saturated carbocycles. The van der Waals surface area contributed by atoms with Gasteiger partial charge in [-0.25, -0.2) is 22.4 Å². The van der Waals surface area contributed by atoms with Crippen LogP contribution in [0.4, 0.5) is 19.1 Å². The molecule has 0 unspecified atom stereocenters. The minimum absolute atomic E-state index is 0.186. The third-order valence-electron chi connectivity index (χ3n) is 7.26. The number of alkyl halides is 2. The van der Waals surface area contributed by atoms with Crippen molar-refractivity contribution in [3.05, 3.63) is 30.2 Å². The second kappa shape index (κ2) is 9.45. The van der Waals surface area contributed by atoms with Gasteiger partial charge in [0.25, 0.3) is 6.43 Å². The van der Waals surface area contributed by atoms with E-state index in [1.165, 1.54) is 24.7 Å². The monoisotopic (exact) mass is 516 g/mol. The van der Waals surface area contributed by atoms with Crippen LogP contribution < -0.4 is 10.1 Å². The maximum absolute atomic E-state index is 15.3. The molecule has 2 aliphatic heterocycles. The lowest BCUT2D eigenvalue weighted by Crippen LogP contribution is -2.53. The standard InChI is InChI=1S/C24H27F3N8O2/c1-13(22(26)27)35-19-9-14(3-4-18(19)30-32-35)20-17(25)10-34-21(20)23(36-2)29-24(31-34)28-15-5-7-33(8-6-15)16-11-37-12-16/h3-4,9-10,13,15-16,22H,5-8,11-12H2,1-2H3,(H,28,31)/t13-/m1/s1. The Labute approximate surface area is 210 Å². The number of methoxy groups -OCH3 is 1. The molecule has 1 atom stereocenters. The van der Waals surface area contributed by atoms with E-state index in [0.717, 1.165) is 43.8 Å². The zero-order valence-electron chi connectivity index (χ0n) is 20.4. The van der Waals surface area contributed by atoms with Crippen LogP contribution >= 0.6 is 0 Å². The van der Waals surface area contributed by atoms with Gasteiger partial charge in [-0.15, -0.1) is 10.2 Å².